The first-order valence-electron chi connectivity index (χ1n) is 10.3. The van der Waals surface area contributed by atoms with Crippen LogP contribution in [0.15, 0.2) is 47.9 Å². The number of ether oxygens (including phenoxy) is 1. The molecule has 0 saturated heterocycles. The fourth-order valence-corrected chi connectivity index (χ4v) is 2.95. The third kappa shape index (κ3) is 9.63. The number of rotatable bonds is 8. The first-order valence-corrected chi connectivity index (χ1v) is 10.3. The Hall–Kier alpha value is -3.38. The molecule has 2 rings (SSSR count). The molecule has 3 N–H and O–H groups in total. The van der Waals surface area contributed by atoms with Gasteiger partial charge in [-0.15, -0.1) is 13.2 Å². The van der Waals surface area contributed by atoms with E-state index in [1.54, 1.807) is 0 Å². The SMILES string of the molecule is CCCCN1C=C(NC(=O)Nc2ccc(OC(F)(F)F)cc2)CCC=C1C(=O)NCC(F)(F)F. The van der Waals surface area contributed by atoms with E-state index in [2.05, 4.69) is 15.4 Å². The van der Waals surface area contributed by atoms with Crippen LogP contribution in [-0.2, 0) is 4.79 Å². The van der Waals surface area contributed by atoms with Crippen LogP contribution in [-0.4, -0.2) is 42.5 Å². The Morgan fingerprint density at radius 2 is 1.74 bits per heavy atom. The fourth-order valence-electron chi connectivity index (χ4n) is 2.95. The number of benzene rings is 1. The summed E-state index contributed by atoms with van der Waals surface area (Å²) in [6.07, 6.45) is -4.40. The average Bonchev–Trinajstić information content (AvgIpc) is 2.92. The summed E-state index contributed by atoms with van der Waals surface area (Å²) >= 11 is 0. The highest BCUT2D eigenvalue weighted by molar-refractivity contribution is 5.93. The number of carbonyl (C=O) groups excluding carboxylic acids is 2. The highest BCUT2D eigenvalue weighted by Crippen LogP contribution is 2.24. The Morgan fingerprint density at radius 3 is 2.32 bits per heavy atom. The molecular formula is C21H24F6N4O3. The highest BCUT2D eigenvalue weighted by Gasteiger charge is 2.31. The molecule has 0 bridgehead atoms. The number of nitrogens with one attached hydrogen (secondary N) is 3. The molecule has 0 aliphatic carbocycles. The maximum absolute atomic E-state index is 12.5. The molecule has 0 spiro atoms. The van der Waals surface area contributed by atoms with Gasteiger partial charge >= 0.3 is 18.6 Å². The zero-order valence-corrected chi connectivity index (χ0v) is 18.1. The van der Waals surface area contributed by atoms with E-state index in [0.717, 1.165) is 18.6 Å². The molecule has 0 radical (unpaired) electrons. The van der Waals surface area contributed by atoms with Gasteiger partial charge in [-0.25, -0.2) is 4.79 Å². The van der Waals surface area contributed by atoms with Crippen LogP contribution >= 0.6 is 0 Å². The lowest BCUT2D eigenvalue weighted by atomic mass is 10.2. The second kappa shape index (κ2) is 11.7. The van der Waals surface area contributed by atoms with Gasteiger partial charge in [-0.2, -0.15) is 13.2 Å². The van der Waals surface area contributed by atoms with Crippen molar-refractivity contribution < 1.29 is 40.7 Å². The summed E-state index contributed by atoms with van der Waals surface area (Å²) in [7, 11) is 0. The lowest BCUT2D eigenvalue weighted by Gasteiger charge is -2.23. The summed E-state index contributed by atoms with van der Waals surface area (Å²) in [6.45, 7) is 0.788. The van der Waals surface area contributed by atoms with Crippen LogP contribution in [0.2, 0.25) is 0 Å². The number of nitrogens with zero attached hydrogens (tertiary/aromatic N) is 1. The molecule has 188 valence electrons. The standard InChI is InChI=1S/C21H24F6N4O3/c1-2-3-11-31-12-15(5-4-6-17(31)18(32)28-13-20(22,23)24)30-19(33)29-14-7-9-16(10-8-14)34-21(25,26)27/h6-10,12H,2-5,11,13H2,1H3,(H,28,32)(H2,29,30,33). The third-order valence-corrected chi connectivity index (χ3v) is 4.43. The number of allylic oxidation sites excluding steroid dienone is 2. The number of unbranched alkanes of at least 4 members (excludes halogenated alkanes) is 1. The van der Waals surface area contributed by atoms with Gasteiger partial charge in [-0.1, -0.05) is 19.4 Å². The molecule has 13 heteroatoms. The Bertz CT molecular complexity index is 911. The van der Waals surface area contributed by atoms with Crippen molar-refractivity contribution in [2.24, 2.45) is 0 Å². The Labute approximate surface area is 191 Å². The first kappa shape index (κ1) is 26.9. The van der Waals surface area contributed by atoms with Crippen LogP contribution in [0.1, 0.15) is 32.6 Å². The predicted molar refractivity (Wildman–Crippen MR) is 111 cm³/mol. The Morgan fingerprint density at radius 1 is 1.06 bits per heavy atom. The summed E-state index contributed by atoms with van der Waals surface area (Å²) in [4.78, 5) is 26.2. The van der Waals surface area contributed by atoms with Gasteiger partial charge in [0.2, 0.25) is 0 Å². The lowest BCUT2D eigenvalue weighted by Crippen LogP contribution is -2.38. The van der Waals surface area contributed by atoms with Crippen LogP contribution in [0.5, 0.6) is 5.75 Å². The van der Waals surface area contributed by atoms with Crippen LogP contribution < -0.4 is 20.7 Å². The maximum Gasteiger partial charge on any atom is 0.573 e. The summed E-state index contributed by atoms with van der Waals surface area (Å²) in [5.41, 5.74) is 0.657. The van der Waals surface area contributed by atoms with E-state index >= 15 is 0 Å². The van der Waals surface area contributed by atoms with Crippen molar-refractivity contribution in [1.82, 2.24) is 15.5 Å². The number of urea groups is 1. The molecule has 0 unspecified atom stereocenters. The quantitative estimate of drug-likeness (QED) is 0.444. The second-order valence-electron chi connectivity index (χ2n) is 7.28. The number of amides is 3. The average molecular weight is 494 g/mol. The molecule has 1 aliphatic rings. The summed E-state index contributed by atoms with van der Waals surface area (Å²) < 4.78 is 77.9. The molecule has 34 heavy (non-hydrogen) atoms. The Balaban J connectivity index is 2.04. The molecule has 0 atom stereocenters. The number of hydrogen-bond donors (Lipinski definition) is 3. The number of carbonyl (C=O) groups is 2. The van der Waals surface area contributed by atoms with Gasteiger partial charge in [0, 0.05) is 24.1 Å². The van der Waals surface area contributed by atoms with E-state index in [4.69, 9.17) is 0 Å². The van der Waals surface area contributed by atoms with Gasteiger partial charge < -0.3 is 25.6 Å². The van der Waals surface area contributed by atoms with Gasteiger partial charge in [-0.3, -0.25) is 4.79 Å². The maximum atomic E-state index is 12.5. The molecule has 7 nitrogen and oxygen atoms in total. The fraction of sp³-hybridized carbons (Fsp3) is 0.429. The lowest BCUT2D eigenvalue weighted by molar-refractivity contribution is -0.274. The van der Waals surface area contributed by atoms with Crippen molar-refractivity contribution in [2.45, 2.75) is 45.1 Å². The predicted octanol–water partition coefficient (Wildman–Crippen LogP) is 5.01. The second-order valence-corrected chi connectivity index (χ2v) is 7.28. The van der Waals surface area contributed by atoms with Crippen LogP contribution in [0.25, 0.3) is 0 Å². The summed E-state index contributed by atoms with van der Waals surface area (Å²) in [5, 5.41) is 6.91. The minimum absolute atomic E-state index is 0.0511. The molecule has 1 aromatic rings. The van der Waals surface area contributed by atoms with Crippen molar-refractivity contribution >= 4 is 17.6 Å². The monoisotopic (exact) mass is 494 g/mol. The van der Waals surface area contributed by atoms with Gasteiger partial charge in [0.25, 0.3) is 5.91 Å². The van der Waals surface area contributed by atoms with E-state index in [1.807, 2.05) is 12.2 Å². The zero-order valence-electron chi connectivity index (χ0n) is 18.1. The van der Waals surface area contributed by atoms with Crippen molar-refractivity contribution in [3.8, 4) is 5.75 Å². The van der Waals surface area contributed by atoms with E-state index in [0.29, 0.717) is 25.1 Å². The number of halogens is 6. The van der Waals surface area contributed by atoms with Crippen molar-refractivity contribution in [1.29, 1.82) is 0 Å². The van der Waals surface area contributed by atoms with E-state index in [1.165, 1.54) is 29.3 Å². The first-order chi connectivity index (χ1) is 15.9. The summed E-state index contributed by atoms with van der Waals surface area (Å²) in [5.74, 6) is -1.32. The van der Waals surface area contributed by atoms with Crippen LogP contribution in [0, 0.1) is 0 Å². The minimum Gasteiger partial charge on any atom is -0.406 e. The number of alkyl halides is 6. The molecule has 1 aliphatic heterocycles. The normalized spacial score (nSPS) is 14.5. The molecule has 3 amide bonds. The van der Waals surface area contributed by atoms with Gasteiger partial charge in [0.05, 0.1) is 0 Å². The van der Waals surface area contributed by atoms with Crippen molar-refractivity contribution in [2.75, 3.05) is 18.4 Å². The third-order valence-electron chi connectivity index (χ3n) is 4.43. The number of anilines is 1. The van der Waals surface area contributed by atoms with E-state index in [9.17, 15) is 35.9 Å². The molecule has 1 aromatic carbocycles. The largest absolute Gasteiger partial charge is 0.573 e. The van der Waals surface area contributed by atoms with Crippen LogP contribution in [0.4, 0.5) is 36.8 Å². The molecule has 1 heterocycles. The summed E-state index contributed by atoms with van der Waals surface area (Å²) in [6, 6.07) is 3.84. The van der Waals surface area contributed by atoms with Gasteiger partial charge in [0.1, 0.15) is 18.0 Å². The van der Waals surface area contributed by atoms with Gasteiger partial charge in [0.15, 0.2) is 0 Å². The smallest absolute Gasteiger partial charge is 0.406 e. The molecule has 0 saturated carbocycles. The molecular weight excluding hydrogens is 470 g/mol. The van der Waals surface area contributed by atoms with Crippen molar-refractivity contribution in [3.05, 3.63) is 47.9 Å². The van der Waals surface area contributed by atoms with E-state index < -0.39 is 36.8 Å². The molecule has 0 fully saturated rings. The highest BCUT2D eigenvalue weighted by atomic mass is 19.4. The topological polar surface area (TPSA) is 82.7 Å². The number of hydrogen-bond acceptors (Lipinski definition) is 4. The Kier molecular flexibility index (Phi) is 9.21. The van der Waals surface area contributed by atoms with Gasteiger partial charge in [-0.05, 0) is 43.5 Å². The minimum atomic E-state index is -4.83. The zero-order chi connectivity index (χ0) is 25.4. The van der Waals surface area contributed by atoms with Crippen molar-refractivity contribution in [3.63, 3.8) is 0 Å². The van der Waals surface area contributed by atoms with Crippen LogP contribution in [0.3, 0.4) is 0 Å². The van der Waals surface area contributed by atoms with E-state index in [-0.39, 0.29) is 17.8 Å². The molecule has 0 aromatic heterocycles.